The summed E-state index contributed by atoms with van der Waals surface area (Å²) in [6, 6.07) is 22.0. The first-order valence-corrected chi connectivity index (χ1v) is 24.3. The molecule has 0 spiro atoms. The van der Waals surface area contributed by atoms with Gasteiger partial charge >= 0.3 is 15.6 Å². The molecule has 2 aromatic rings. The Morgan fingerprint density at radius 3 is 1.93 bits per heavy atom. The summed E-state index contributed by atoms with van der Waals surface area (Å²) in [7, 11) is -8.52. The quantitative estimate of drug-likeness (QED) is 0.115. The molecule has 0 amide bonds. The minimum absolute atomic E-state index is 0.00570. The van der Waals surface area contributed by atoms with Crippen molar-refractivity contribution in [2.24, 2.45) is 56.7 Å². The van der Waals surface area contributed by atoms with Crippen molar-refractivity contribution in [1.82, 2.24) is 0 Å². The predicted molar refractivity (Wildman–Crippen MR) is 222 cm³/mol. The SMILES string of the molecule is C=C(C)[C@@H]1CC[C@]2(CO[Si](c3ccccc3)(c3ccccc3)C(C)(C)C)CC[C@]3(C)[C@H](CC[C@@H]4[C@@]5(C)CC=C(OS(=O)(=O)C(F)(F)F)C(C)(C)[C@@H]5CC[C@]43C)[C@@H]12. The molecule has 0 unspecified atom stereocenters. The zero-order valence-electron chi connectivity index (χ0n) is 35.2. The lowest BCUT2D eigenvalue weighted by Crippen LogP contribution is -2.68. The molecule has 5 aliphatic rings. The van der Waals surface area contributed by atoms with Gasteiger partial charge < -0.3 is 8.61 Å². The number of alkyl halides is 3. The Labute approximate surface area is 336 Å². The molecule has 4 saturated carbocycles. The van der Waals surface area contributed by atoms with Gasteiger partial charge in [-0.25, -0.2) is 0 Å². The van der Waals surface area contributed by atoms with E-state index in [2.05, 4.69) is 116 Å². The zero-order chi connectivity index (χ0) is 41.0. The Kier molecular flexibility index (Phi) is 10.1. The van der Waals surface area contributed by atoms with Crippen molar-refractivity contribution in [3.8, 4) is 0 Å². The van der Waals surface area contributed by atoms with E-state index in [9.17, 15) is 21.6 Å². The smallest absolute Gasteiger partial charge is 0.407 e. The topological polar surface area (TPSA) is 52.6 Å². The summed E-state index contributed by atoms with van der Waals surface area (Å²) in [6.45, 7) is 25.9. The summed E-state index contributed by atoms with van der Waals surface area (Å²) >= 11 is 0. The maximum atomic E-state index is 13.5. The minimum Gasteiger partial charge on any atom is -0.407 e. The van der Waals surface area contributed by atoms with Crippen molar-refractivity contribution in [3.05, 3.63) is 84.7 Å². The molecule has 56 heavy (non-hydrogen) atoms. The number of fused-ring (bicyclic) bond motifs is 7. The molecule has 0 aliphatic heterocycles. The van der Waals surface area contributed by atoms with Crippen LogP contribution in [0.5, 0.6) is 0 Å². The van der Waals surface area contributed by atoms with E-state index in [1.54, 1.807) is 6.08 Å². The van der Waals surface area contributed by atoms with Gasteiger partial charge in [-0.05, 0) is 137 Å². The summed E-state index contributed by atoms with van der Waals surface area (Å²) in [6.07, 6.45) is 10.6. The van der Waals surface area contributed by atoms with Crippen molar-refractivity contribution >= 4 is 28.8 Å². The van der Waals surface area contributed by atoms with E-state index >= 15 is 0 Å². The summed E-state index contributed by atoms with van der Waals surface area (Å²) in [5, 5.41) is 2.52. The molecule has 2 aromatic carbocycles. The monoisotopic (exact) mass is 810 g/mol. The first-order valence-electron chi connectivity index (χ1n) is 21.0. The molecular weight excluding hydrogens is 746 g/mol. The number of rotatable bonds is 8. The summed E-state index contributed by atoms with van der Waals surface area (Å²) in [5.41, 5.74) is -5.14. The Morgan fingerprint density at radius 2 is 1.39 bits per heavy atom. The number of benzene rings is 2. The first-order chi connectivity index (χ1) is 25.9. The summed E-state index contributed by atoms with van der Waals surface area (Å²) in [4.78, 5) is 0. The van der Waals surface area contributed by atoms with Crippen LogP contribution in [0.15, 0.2) is 84.7 Å². The van der Waals surface area contributed by atoms with E-state index < -0.39 is 29.4 Å². The largest absolute Gasteiger partial charge is 0.534 e. The van der Waals surface area contributed by atoms with Gasteiger partial charge in [0, 0.05) is 12.0 Å². The average Bonchev–Trinajstić information content (AvgIpc) is 3.50. The second kappa shape index (κ2) is 13.6. The van der Waals surface area contributed by atoms with Crippen molar-refractivity contribution in [2.75, 3.05) is 6.61 Å². The third kappa shape index (κ3) is 5.99. The molecule has 9 heteroatoms. The van der Waals surface area contributed by atoms with E-state index in [1.165, 1.54) is 15.9 Å². The molecular formula is C47H65F3O4SSi. The molecule has 308 valence electrons. The molecule has 0 radical (unpaired) electrons. The van der Waals surface area contributed by atoms with E-state index in [0.29, 0.717) is 30.1 Å². The highest BCUT2D eigenvalue weighted by Crippen LogP contribution is 2.77. The molecule has 7 rings (SSSR count). The standard InChI is InChI=1S/C47H65F3O4SSi/c1-32(2)35-23-28-46(31-53-56(41(3,4)5,33-17-13-11-14-18-33)34-19-15-12-16-20-34)30-29-44(9)36(40(35)46)21-22-38-43(8)26-25-39(54-55(51,52)47(48,49)50)42(6,7)37(43)24-27-45(38,44)10/h11-20,25,35-38,40H,1,21-24,26-31H2,2-10H3/t35-,36+,37-,38+,40+,43-,44+,45+,46+/m0/s1. The fraction of sp³-hybridized carbons (Fsp3) is 0.660. The van der Waals surface area contributed by atoms with Crippen LogP contribution in [0.1, 0.15) is 120 Å². The van der Waals surface area contributed by atoms with Crippen LogP contribution in [0.3, 0.4) is 0 Å². The van der Waals surface area contributed by atoms with Crippen LogP contribution in [0.25, 0.3) is 0 Å². The highest BCUT2D eigenvalue weighted by Gasteiger charge is 2.71. The maximum Gasteiger partial charge on any atom is 0.534 e. The van der Waals surface area contributed by atoms with Crippen LogP contribution in [0.2, 0.25) is 5.04 Å². The fourth-order valence-corrected chi connectivity index (χ4v) is 19.7. The van der Waals surface area contributed by atoms with Crippen LogP contribution in [0.4, 0.5) is 13.2 Å². The van der Waals surface area contributed by atoms with Gasteiger partial charge in [0.25, 0.3) is 8.32 Å². The van der Waals surface area contributed by atoms with E-state index in [1.807, 2.05) is 13.8 Å². The van der Waals surface area contributed by atoms with Gasteiger partial charge in [-0.15, -0.1) is 0 Å². The van der Waals surface area contributed by atoms with E-state index in [0.717, 1.165) is 58.0 Å². The zero-order valence-corrected chi connectivity index (χ0v) is 37.0. The average molecular weight is 811 g/mol. The van der Waals surface area contributed by atoms with Gasteiger partial charge in [0.15, 0.2) is 0 Å². The number of allylic oxidation sites excluding steroid dienone is 3. The molecule has 4 fully saturated rings. The van der Waals surface area contributed by atoms with Gasteiger partial charge in [-0.1, -0.05) is 128 Å². The highest BCUT2D eigenvalue weighted by molar-refractivity contribution is 7.87. The third-order valence-electron chi connectivity index (χ3n) is 17.2. The Balaban J connectivity index is 1.24. The van der Waals surface area contributed by atoms with Crippen LogP contribution in [0, 0.1) is 56.7 Å². The molecule has 9 atom stereocenters. The van der Waals surface area contributed by atoms with Crippen LogP contribution < -0.4 is 10.4 Å². The van der Waals surface area contributed by atoms with Crippen molar-refractivity contribution in [1.29, 1.82) is 0 Å². The lowest BCUT2D eigenvalue weighted by atomic mass is 9.32. The Morgan fingerprint density at radius 1 is 0.804 bits per heavy atom. The van der Waals surface area contributed by atoms with E-state index in [-0.39, 0.29) is 38.4 Å². The number of halogens is 3. The number of hydrogen-bond acceptors (Lipinski definition) is 4. The molecule has 0 N–H and O–H groups in total. The van der Waals surface area contributed by atoms with E-state index in [4.69, 9.17) is 8.61 Å². The van der Waals surface area contributed by atoms with Crippen LogP contribution in [-0.4, -0.2) is 28.9 Å². The third-order valence-corrected chi connectivity index (χ3v) is 23.2. The van der Waals surface area contributed by atoms with Crippen LogP contribution in [-0.2, 0) is 18.7 Å². The van der Waals surface area contributed by atoms with Gasteiger partial charge in [0.1, 0.15) is 5.76 Å². The lowest BCUT2D eigenvalue weighted by molar-refractivity contribution is -0.231. The Hall–Kier alpha value is -2.36. The van der Waals surface area contributed by atoms with Gasteiger partial charge in [0.05, 0.1) is 0 Å². The van der Waals surface area contributed by atoms with Crippen molar-refractivity contribution < 1.29 is 30.2 Å². The summed E-state index contributed by atoms with van der Waals surface area (Å²) < 4.78 is 77.6. The summed E-state index contributed by atoms with van der Waals surface area (Å²) in [5.74, 6) is 1.66. The van der Waals surface area contributed by atoms with Gasteiger partial charge in [0.2, 0.25) is 0 Å². The van der Waals surface area contributed by atoms with Crippen molar-refractivity contribution in [2.45, 2.75) is 131 Å². The minimum atomic E-state index is -5.75. The lowest BCUT2D eigenvalue weighted by Gasteiger charge is -2.72. The normalized spacial score (nSPS) is 37.0. The second-order valence-corrected chi connectivity index (χ2v) is 26.8. The molecule has 0 bridgehead atoms. The first kappa shape index (κ1) is 41.8. The number of hydrogen-bond donors (Lipinski definition) is 0. The van der Waals surface area contributed by atoms with Crippen molar-refractivity contribution in [3.63, 3.8) is 0 Å². The molecule has 0 saturated heterocycles. The molecule has 4 nitrogen and oxygen atoms in total. The van der Waals surface area contributed by atoms with Gasteiger partial charge in [-0.3, -0.25) is 0 Å². The maximum absolute atomic E-state index is 13.5. The van der Waals surface area contributed by atoms with Gasteiger partial charge in [-0.2, -0.15) is 21.6 Å². The van der Waals surface area contributed by atoms with Crippen LogP contribution >= 0.6 is 0 Å². The predicted octanol–water partition coefficient (Wildman–Crippen LogP) is 11.6. The molecule has 0 aromatic heterocycles. The highest BCUT2D eigenvalue weighted by atomic mass is 32.2. The molecule has 0 heterocycles. The molecule has 5 aliphatic carbocycles. The fourth-order valence-electron chi connectivity index (χ4n) is 14.4. The second-order valence-electron chi connectivity index (χ2n) is 21.0. The Bertz CT molecular complexity index is 1920.